The predicted octanol–water partition coefficient (Wildman–Crippen LogP) is 6.19. The lowest BCUT2D eigenvalue weighted by Crippen LogP contribution is -2.09. The van der Waals surface area contributed by atoms with E-state index in [1.165, 1.54) is 6.07 Å². The number of rotatable bonds is 6. The van der Waals surface area contributed by atoms with Gasteiger partial charge in [0.1, 0.15) is 5.69 Å². The second kappa shape index (κ2) is 8.83. The number of halogens is 1. The second-order valence-electron chi connectivity index (χ2n) is 8.32. The van der Waals surface area contributed by atoms with E-state index in [1.807, 2.05) is 38.4 Å². The van der Waals surface area contributed by atoms with E-state index in [4.69, 9.17) is 4.98 Å². The Morgan fingerprint density at radius 2 is 1.97 bits per heavy atom. The van der Waals surface area contributed by atoms with Gasteiger partial charge in [0.15, 0.2) is 16.6 Å². The molecule has 0 radical (unpaired) electrons. The van der Waals surface area contributed by atoms with Crippen LogP contribution in [0, 0.1) is 12.1 Å². The number of allylic oxidation sites excluding steroid dienone is 1. The van der Waals surface area contributed by atoms with Crippen LogP contribution in [0.15, 0.2) is 48.9 Å². The summed E-state index contributed by atoms with van der Waals surface area (Å²) in [4.78, 5) is 18.0. The molecule has 0 saturated carbocycles. The lowest BCUT2D eigenvalue weighted by molar-refractivity contribution is 0.657. The molecule has 5 rings (SSSR count). The van der Waals surface area contributed by atoms with Crippen molar-refractivity contribution in [3.05, 3.63) is 70.3 Å². The summed E-state index contributed by atoms with van der Waals surface area (Å²) in [6.45, 7) is 8.07. The van der Waals surface area contributed by atoms with Crippen LogP contribution in [0.3, 0.4) is 0 Å². The zero-order valence-electron chi connectivity index (χ0n) is 19.3. The smallest absolute Gasteiger partial charge is 0.181 e. The number of nitrogens with one attached hydrogen (secondary N) is 3. The summed E-state index contributed by atoms with van der Waals surface area (Å²) in [5.41, 5.74) is 6.75. The van der Waals surface area contributed by atoms with E-state index in [1.54, 1.807) is 12.3 Å². The van der Waals surface area contributed by atoms with Gasteiger partial charge in [-0.25, -0.2) is 9.97 Å². The van der Waals surface area contributed by atoms with Crippen LogP contribution >= 0.6 is 11.3 Å². The summed E-state index contributed by atoms with van der Waals surface area (Å²) in [6.07, 6.45) is 7.38. The lowest BCUT2D eigenvalue weighted by Gasteiger charge is -2.10. The normalized spacial score (nSPS) is 12.1. The highest BCUT2D eigenvalue weighted by Crippen LogP contribution is 2.33. The van der Waals surface area contributed by atoms with Gasteiger partial charge in [0.2, 0.25) is 0 Å². The number of nitrogens with zero attached hydrogens (tertiary/aromatic N) is 4. The monoisotopic (exact) mass is 473 g/mol. The molecule has 0 aliphatic heterocycles. The standard InChI is InChI=1S/C25H24FN7S/c1-5-18(20-6-7-21(26)34-20)22-14(4)30-25(31-22)23-19-9-16(11-28-24(19)33-32-23)15-8-17(12-27-10-15)29-13(2)3/h5-13,29H,1-4H3,(H,30,31)(H,28,32,33)/b18-5-. The highest BCUT2D eigenvalue weighted by molar-refractivity contribution is 7.11. The Morgan fingerprint density at radius 1 is 1.15 bits per heavy atom. The van der Waals surface area contributed by atoms with E-state index in [9.17, 15) is 4.39 Å². The van der Waals surface area contributed by atoms with Gasteiger partial charge >= 0.3 is 0 Å². The van der Waals surface area contributed by atoms with E-state index in [-0.39, 0.29) is 5.13 Å². The van der Waals surface area contributed by atoms with Crippen LogP contribution in [-0.2, 0) is 0 Å². The third-order valence-corrected chi connectivity index (χ3v) is 6.35. The number of hydrogen-bond acceptors (Lipinski definition) is 6. The van der Waals surface area contributed by atoms with Crippen LogP contribution in [0.25, 0.3) is 39.3 Å². The van der Waals surface area contributed by atoms with E-state index < -0.39 is 0 Å². The average Bonchev–Trinajstić information content (AvgIpc) is 3.52. The second-order valence-corrected chi connectivity index (χ2v) is 9.35. The van der Waals surface area contributed by atoms with Gasteiger partial charge in [-0.2, -0.15) is 9.49 Å². The fourth-order valence-electron chi connectivity index (χ4n) is 3.94. The Balaban J connectivity index is 1.55. The molecule has 0 unspecified atom stereocenters. The zero-order valence-corrected chi connectivity index (χ0v) is 20.1. The zero-order chi connectivity index (χ0) is 23.8. The number of fused-ring (bicyclic) bond motifs is 1. The molecule has 0 aromatic carbocycles. The molecule has 0 spiro atoms. The van der Waals surface area contributed by atoms with Crippen molar-refractivity contribution in [2.45, 2.75) is 33.7 Å². The summed E-state index contributed by atoms with van der Waals surface area (Å²) in [5.74, 6) is 0.652. The van der Waals surface area contributed by atoms with Gasteiger partial charge in [0, 0.05) is 51.9 Å². The van der Waals surface area contributed by atoms with Gasteiger partial charge < -0.3 is 10.3 Å². The molecule has 0 atom stereocenters. The van der Waals surface area contributed by atoms with Gasteiger partial charge in [-0.15, -0.1) is 11.3 Å². The van der Waals surface area contributed by atoms with Gasteiger partial charge in [-0.3, -0.25) is 10.1 Å². The van der Waals surface area contributed by atoms with E-state index in [0.29, 0.717) is 17.5 Å². The third kappa shape index (κ3) is 4.10. The Hall–Kier alpha value is -3.85. The van der Waals surface area contributed by atoms with Gasteiger partial charge in [0.25, 0.3) is 0 Å². The number of thiophene rings is 1. The van der Waals surface area contributed by atoms with E-state index in [2.05, 4.69) is 50.4 Å². The summed E-state index contributed by atoms with van der Waals surface area (Å²) < 4.78 is 13.6. The summed E-state index contributed by atoms with van der Waals surface area (Å²) in [7, 11) is 0. The van der Waals surface area contributed by atoms with Crippen molar-refractivity contribution in [1.29, 1.82) is 0 Å². The first kappa shape index (κ1) is 22.0. The minimum atomic E-state index is -0.219. The minimum Gasteiger partial charge on any atom is -0.382 e. The summed E-state index contributed by atoms with van der Waals surface area (Å²) >= 11 is 1.11. The van der Waals surface area contributed by atoms with Crippen molar-refractivity contribution in [2.24, 2.45) is 0 Å². The number of aryl methyl sites for hydroxylation is 1. The van der Waals surface area contributed by atoms with Gasteiger partial charge in [-0.1, -0.05) is 6.08 Å². The highest BCUT2D eigenvalue weighted by atomic mass is 32.1. The maximum Gasteiger partial charge on any atom is 0.181 e. The van der Waals surface area contributed by atoms with Gasteiger partial charge in [-0.05, 0) is 52.0 Å². The minimum absolute atomic E-state index is 0.219. The SMILES string of the molecule is C/C=C(/c1ccc(F)s1)c1nc(-c2[nH]nc3ncc(-c4cncc(NC(C)C)c4)cc23)[nH]c1C. The van der Waals surface area contributed by atoms with Crippen LogP contribution < -0.4 is 5.32 Å². The molecule has 0 saturated heterocycles. The molecule has 9 heteroatoms. The van der Waals surface area contributed by atoms with E-state index >= 15 is 0 Å². The first-order valence-corrected chi connectivity index (χ1v) is 11.8. The molecule has 5 aromatic rings. The summed E-state index contributed by atoms with van der Waals surface area (Å²) in [6, 6.07) is 7.66. The number of pyridine rings is 2. The van der Waals surface area contributed by atoms with Crippen LogP contribution in [0.1, 0.15) is 37.0 Å². The predicted molar refractivity (Wildman–Crippen MR) is 135 cm³/mol. The maximum absolute atomic E-state index is 13.6. The number of H-pyrrole nitrogens is 2. The number of aromatic amines is 2. The Morgan fingerprint density at radius 3 is 2.71 bits per heavy atom. The molecule has 34 heavy (non-hydrogen) atoms. The molecule has 5 aromatic heterocycles. The molecule has 0 aliphatic carbocycles. The Kier molecular flexibility index (Phi) is 5.70. The molecule has 0 bridgehead atoms. The van der Waals surface area contributed by atoms with E-state index in [0.717, 1.165) is 61.1 Å². The fourth-order valence-corrected chi connectivity index (χ4v) is 4.75. The van der Waals surface area contributed by atoms with Crippen molar-refractivity contribution in [3.8, 4) is 22.6 Å². The molecular weight excluding hydrogens is 449 g/mol. The molecule has 3 N–H and O–H groups in total. The van der Waals surface area contributed by atoms with Crippen LogP contribution in [-0.4, -0.2) is 36.2 Å². The Bertz CT molecular complexity index is 1510. The van der Waals surface area contributed by atoms with Crippen molar-refractivity contribution >= 4 is 33.6 Å². The average molecular weight is 474 g/mol. The third-order valence-electron chi connectivity index (χ3n) is 5.44. The molecule has 0 amide bonds. The molecule has 7 nitrogen and oxygen atoms in total. The molecule has 0 aliphatic rings. The highest BCUT2D eigenvalue weighted by Gasteiger charge is 2.19. The van der Waals surface area contributed by atoms with Crippen LogP contribution in [0.2, 0.25) is 0 Å². The quantitative estimate of drug-likeness (QED) is 0.273. The molecular formula is C25H24FN7S. The largest absolute Gasteiger partial charge is 0.382 e. The molecule has 0 fully saturated rings. The van der Waals surface area contributed by atoms with Crippen LogP contribution in [0.5, 0.6) is 0 Å². The number of hydrogen-bond donors (Lipinski definition) is 3. The summed E-state index contributed by atoms with van der Waals surface area (Å²) in [5, 5.41) is 11.5. The lowest BCUT2D eigenvalue weighted by atomic mass is 10.1. The number of aromatic nitrogens is 6. The fraction of sp³-hybridized carbons (Fsp3) is 0.200. The molecule has 172 valence electrons. The number of anilines is 1. The number of imidazole rings is 1. The Labute approximate surface area is 200 Å². The van der Waals surface area contributed by atoms with Crippen molar-refractivity contribution in [1.82, 2.24) is 30.1 Å². The van der Waals surface area contributed by atoms with Crippen LogP contribution in [0.4, 0.5) is 10.1 Å². The van der Waals surface area contributed by atoms with Crippen molar-refractivity contribution in [2.75, 3.05) is 5.32 Å². The topological polar surface area (TPSA) is 95.2 Å². The first-order valence-electron chi connectivity index (χ1n) is 11.0. The van der Waals surface area contributed by atoms with Crippen molar-refractivity contribution in [3.63, 3.8) is 0 Å². The van der Waals surface area contributed by atoms with Gasteiger partial charge in [0.05, 0.1) is 16.8 Å². The first-order chi connectivity index (χ1) is 16.4. The van der Waals surface area contributed by atoms with Crippen molar-refractivity contribution < 1.29 is 4.39 Å². The molecule has 5 heterocycles. The maximum atomic E-state index is 13.6.